The number of aromatic nitrogens is 2. The van der Waals surface area contributed by atoms with Gasteiger partial charge in [-0.3, -0.25) is 4.98 Å². The summed E-state index contributed by atoms with van der Waals surface area (Å²) in [5, 5.41) is 12.1. The van der Waals surface area contributed by atoms with Crippen LogP contribution in [0.3, 0.4) is 0 Å². The lowest BCUT2D eigenvalue weighted by atomic mass is 9.83. The van der Waals surface area contributed by atoms with Crippen LogP contribution in [0.1, 0.15) is 24.1 Å². The second-order valence-electron chi connectivity index (χ2n) is 10.6. The fraction of sp³-hybridized carbons (Fsp3) is 0.367. The molecule has 1 N–H and O–H groups in total. The van der Waals surface area contributed by atoms with Crippen molar-refractivity contribution >= 4 is 20.7 Å². The van der Waals surface area contributed by atoms with Crippen LogP contribution < -0.4 is 0 Å². The largest absolute Gasteiger partial charge is 0.385 e. The molecule has 0 spiro atoms. The van der Waals surface area contributed by atoms with Gasteiger partial charge in [-0.25, -0.2) is 17.2 Å². The average molecular weight is 570 g/mol. The van der Waals surface area contributed by atoms with Crippen LogP contribution in [0.4, 0.5) is 8.78 Å². The van der Waals surface area contributed by atoms with Gasteiger partial charge in [0.15, 0.2) is 9.84 Å². The first kappa shape index (κ1) is 28.4. The van der Waals surface area contributed by atoms with Crippen molar-refractivity contribution in [2.24, 2.45) is 7.05 Å². The van der Waals surface area contributed by atoms with Crippen molar-refractivity contribution < 1.29 is 27.0 Å². The minimum atomic E-state index is -3.31. The topological polar surface area (TPSA) is 84.7 Å². The Balaban J connectivity index is 1.48. The van der Waals surface area contributed by atoms with Crippen LogP contribution in [-0.4, -0.2) is 67.6 Å². The number of benzene rings is 2. The van der Waals surface area contributed by atoms with E-state index in [4.69, 9.17) is 4.74 Å². The van der Waals surface area contributed by atoms with Gasteiger partial charge in [-0.05, 0) is 61.7 Å². The molecule has 0 radical (unpaired) electrons. The summed E-state index contributed by atoms with van der Waals surface area (Å²) in [5.41, 5.74) is 1.90. The van der Waals surface area contributed by atoms with Crippen LogP contribution in [0.2, 0.25) is 0 Å². The van der Waals surface area contributed by atoms with Gasteiger partial charge in [0.25, 0.3) is 0 Å². The molecule has 10 heteroatoms. The second-order valence-corrected chi connectivity index (χ2v) is 12.6. The summed E-state index contributed by atoms with van der Waals surface area (Å²) >= 11 is 0. The number of nitrogens with zero attached hydrogens (tertiary/aromatic N) is 3. The van der Waals surface area contributed by atoms with Gasteiger partial charge >= 0.3 is 0 Å². The molecule has 1 aliphatic rings. The molecule has 0 saturated carbocycles. The van der Waals surface area contributed by atoms with E-state index in [0.717, 1.165) is 47.1 Å². The number of hydrogen-bond donors (Lipinski definition) is 1. The quantitative estimate of drug-likeness (QED) is 0.343. The van der Waals surface area contributed by atoms with Crippen molar-refractivity contribution in [3.8, 4) is 22.5 Å². The molecule has 5 rings (SSSR count). The van der Waals surface area contributed by atoms with Gasteiger partial charge in [0, 0.05) is 67.9 Å². The number of hydrogen-bond acceptors (Lipinski definition) is 6. The Bertz CT molecular complexity index is 1680. The lowest BCUT2D eigenvalue weighted by molar-refractivity contribution is -0.0322. The molecule has 4 aromatic rings. The number of sulfone groups is 1. The Hall–Kier alpha value is -3.18. The number of aliphatic hydroxyl groups is 1. The van der Waals surface area contributed by atoms with Crippen molar-refractivity contribution in [1.82, 2.24) is 14.5 Å². The minimum absolute atomic E-state index is 0.0210. The Labute approximate surface area is 232 Å². The van der Waals surface area contributed by atoms with E-state index in [-0.39, 0.29) is 21.7 Å². The van der Waals surface area contributed by atoms with E-state index in [9.17, 15) is 13.5 Å². The van der Waals surface area contributed by atoms with E-state index in [1.807, 2.05) is 24.6 Å². The molecule has 2 aromatic heterocycles. The normalized spacial score (nSPS) is 16.1. The number of methoxy groups -OCH3 is 1. The Morgan fingerprint density at radius 1 is 1.05 bits per heavy atom. The van der Waals surface area contributed by atoms with Gasteiger partial charge in [0.2, 0.25) is 0 Å². The minimum Gasteiger partial charge on any atom is -0.385 e. The van der Waals surface area contributed by atoms with Crippen molar-refractivity contribution in [3.05, 3.63) is 71.4 Å². The highest BCUT2D eigenvalue weighted by atomic mass is 32.2. The first-order chi connectivity index (χ1) is 18.9. The van der Waals surface area contributed by atoms with Crippen LogP contribution in [-0.2, 0) is 27.2 Å². The van der Waals surface area contributed by atoms with E-state index < -0.39 is 27.1 Å². The highest BCUT2D eigenvalue weighted by Gasteiger charge is 2.37. The summed E-state index contributed by atoms with van der Waals surface area (Å²) in [6.45, 7) is 4.23. The number of ether oxygens (including phenoxy) is 1. The standard InChI is InChI=1S/C30H33F2N3O4S/c1-19-22-16-28(20-5-7-21(8-6-20)40(4,37)38)34(2)29(22)18-27(33-19)23-15-26(32)24(17-25(23)31)30(36)9-11-35(12-10-30)13-14-39-3/h5-8,15-18,36H,9-14H2,1-4H3. The van der Waals surface area contributed by atoms with Crippen LogP contribution in [0.25, 0.3) is 33.4 Å². The summed E-state index contributed by atoms with van der Waals surface area (Å²) in [7, 11) is 0.179. The number of fused-ring (bicyclic) bond motifs is 1. The molecular weight excluding hydrogens is 536 g/mol. The smallest absolute Gasteiger partial charge is 0.175 e. The van der Waals surface area contributed by atoms with Crippen molar-refractivity contribution in [2.75, 3.05) is 39.6 Å². The average Bonchev–Trinajstić information content (AvgIpc) is 3.25. The Morgan fingerprint density at radius 2 is 1.73 bits per heavy atom. The molecule has 0 aliphatic carbocycles. The number of rotatable bonds is 7. The summed E-state index contributed by atoms with van der Waals surface area (Å²) < 4.78 is 61.7. The molecular formula is C30H33F2N3O4S. The zero-order chi connectivity index (χ0) is 28.8. The third kappa shape index (κ3) is 5.28. The zero-order valence-electron chi connectivity index (χ0n) is 23.0. The van der Waals surface area contributed by atoms with Crippen molar-refractivity contribution in [2.45, 2.75) is 30.3 Å². The van der Waals surface area contributed by atoms with Gasteiger partial charge in [-0.2, -0.15) is 0 Å². The fourth-order valence-electron chi connectivity index (χ4n) is 5.51. The summed E-state index contributed by atoms with van der Waals surface area (Å²) in [4.78, 5) is 6.96. The number of pyridine rings is 1. The molecule has 0 atom stereocenters. The highest BCUT2D eigenvalue weighted by molar-refractivity contribution is 7.90. The molecule has 212 valence electrons. The molecule has 1 fully saturated rings. The van der Waals surface area contributed by atoms with Gasteiger partial charge < -0.3 is 19.3 Å². The van der Waals surface area contributed by atoms with Gasteiger partial charge in [0.05, 0.1) is 28.3 Å². The van der Waals surface area contributed by atoms with Crippen molar-refractivity contribution in [1.29, 1.82) is 0 Å². The monoisotopic (exact) mass is 569 g/mol. The lowest BCUT2D eigenvalue weighted by Gasteiger charge is -2.38. The third-order valence-corrected chi connectivity index (χ3v) is 9.07. The van der Waals surface area contributed by atoms with Gasteiger partial charge in [-0.15, -0.1) is 0 Å². The number of halogens is 2. The van der Waals surface area contributed by atoms with E-state index in [2.05, 4.69) is 9.88 Å². The van der Waals surface area contributed by atoms with Crippen LogP contribution in [0, 0.1) is 18.6 Å². The molecule has 40 heavy (non-hydrogen) atoms. The molecule has 3 heterocycles. The van der Waals surface area contributed by atoms with E-state index >= 15 is 8.78 Å². The van der Waals surface area contributed by atoms with Crippen molar-refractivity contribution in [3.63, 3.8) is 0 Å². The van der Waals surface area contributed by atoms with E-state index in [1.54, 1.807) is 37.4 Å². The maximum absolute atomic E-state index is 15.5. The highest BCUT2D eigenvalue weighted by Crippen LogP contribution is 2.38. The van der Waals surface area contributed by atoms with Crippen LogP contribution in [0.5, 0.6) is 0 Å². The SMILES string of the molecule is COCCN1CCC(O)(c2cc(F)c(-c3cc4c(cc(-c5ccc(S(C)(=O)=O)cc5)n4C)c(C)n3)cc2F)CC1. The first-order valence-electron chi connectivity index (χ1n) is 13.1. The molecule has 2 aromatic carbocycles. The van der Waals surface area contributed by atoms with Crippen LogP contribution >= 0.6 is 0 Å². The number of piperidine rings is 1. The predicted molar refractivity (Wildman–Crippen MR) is 151 cm³/mol. The van der Waals surface area contributed by atoms with Gasteiger partial charge in [-0.1, -0.05) is 12.1 Å². The fourth-order valence-corrected chi connectivity index (χ4v) is 6.14. The first-order valence-corrected chi connectivity index (χ1v) is 15.0. The summed E-state index contributed by atoms with van der Waals surface area (Å²) in [6, 6.07) is 12.5. The molecule has 0 unspecified atom stereocenters. The molecule has 7 nitrogen and oxygen atoms in total. The third-order valence-electron chi connectivity index (χ3n) is 7.94. The molecule has 1 saturated heterocycles. The molecule has 0 bridgehead atoms. The lowest BCUT2D eigenvalue weighted by Crippen LogP contribution is -2.44. The second kappa shape index (κ2) is 10.7. The summed E-state index contributed by atoms with van der Waals surface area (Å²) in [6.07, 6.45) is 1.76. The Kier molecular flexibility index (Phi) is 7.56. The van der Waals surface area contributed by atoms with Gasteiger partial charge in [0.1, 0.15) is 11.6 Å². The maximum Gasteiger partial charge on any atom is 0.175 e. The maximum atomic E-state index is 15.5. The zero-order valence-corrected chi connectivity index (χ0v) is 23.9. The number of aryl methyl sites for hydroxylation is 2. The van der Waals surface area contributed by atoms with E-state index in [1.165, 1.54) is 0 Å². The molecule has 0 amide bonds. The number of likely N-dealkylation sites (tertiary alicyclic amines) is 1. The Morgan fingerprint density at radius 3 is 2.35 bits per heavy atom. The van der Waals surface area contributed by atoms with Crippen LogP contribution in [0.15, 0.2) is 53.4 Å². The molecule has 1 aliphatic heterocycles. The van der Waals surface area contributed by atoms with E-state index in [0.29, 0.717) is 38.2 Å². The summed E-state index contributed by atoms with van der Waals surface area (Å²) in [5.74, 6) is -1.31. The predicted octanol–water partition coefficient (Wildman–Crippen LogP) is 4.83.